The Morgan fingerprint density at radius 3 is 0.571 bits per heavy atom. The van der Waals surface area contributed by atoms with Crippen LogP contribution < -0.4 is 59.1 Å². The van der Waals surface area contributed by atoms with Gasteiger partial charge in [-0.3, -0.25) is 0 Å². The Balaban J connectivity index is 0. The van der Waals surface area contributed by atoms with Crippen molar-refractivity contribution in [2.45, 2.75) is 0 Å². The van der Waals surface area contributed by atoms with Gasteiger partial charge in [0.25, 0.3) is 0 Å². The maximum absolute atomic E-state index is 0. The monoisotopic (exact) mass is 200 g/mol. The van der Waals surface area contributed by atoms with Crippen molar-refractivity contribution in [2.24, 2.45) is 0 Å². The smallest absolute Gasteiger partial charge is 2.00 e. The molecule has 0 saturated carbocycles. The molecule has 7 heavy (non-hydrogen) atoms. The first kappa shape index (κ1) is 91.7. The van der Waals surface area contributed by atoms with E-state index in [9.17, 15) is 0 Å². The fourth-order valence-corrected chi connectivity index (χ4v) is 0. The van der Waals surface area contributed by atoms with Crippen LogP contribution in [0.15, 0.2) is 0 Å². The Hall–Kier alpha value is 2.94. The average molecular weight is 200 g/mol. The Bertz CT molecular complexity index is 17.8. The van der Waals surface area contributed by atoms with E-state index in [0.29, 0.717) is 0 Å². The molecule has 2 radical (unpaired) electrons. The van der Waals surface area contributed by atoms with E-state index in [-0.39, 0.29) is 113 Å². The molecule has 0 heterocycles. The van der Waals surface area contributed by atoms with Crippen LogP contribution in [0.25, 0.3) is 0 Å². The van der Waals surface area contributed by atoms with Crippen LogP contribution in [-0.4, -0.2) is 0 Å². The third-order valence-corrected chi connectivity index (χ3v) is 0. The van der Waals surface area contributed by atoms with Crippen LogP contribution in [0.2, 0.25) is 0 Å². The summed E-state index contributed by atoms with van der Waals surface area (Å²) in [5.74, 6) is 0. The molecule has 0 atom stereocenters. The first-order chi connectivity index (χ1) is 0. The average Bonchev–Trinajstić information content (AvgIpc) is 0. The van der Waals surface area contributed by atoms with E-state index < -0.39 is 0 Å². The number of hydrogen-bond acceptors (Lipinski definition) is 0. The van der Waals surface area contributed by atoms with Gasteiger partial charge in [0.05, 0.1) is 0 Å². The fraction of sp³-hybridized carbons (Fsp3) is 0. The van der Waals surface area contributed by atoms with Gasteiger partial charge in [0.1, 0.15) is 0 Å². The number of rotatable bonds is 0. The maximum Gasteiger partial charge on any atom is 3.00 e. The summed E-state index contributed by atoms with van der Waals surface area (Å²) in [5.41, 5.74) is 0. The minimum Gasteiger partial charge on any atom is -2.00 e. The summed E-state index contributed by atoms with van der Waals surface area (Å²) in [6.45, 7) is 0. The molecule has 0 bridgehead atoms. The molecule has 0 amide bonds. The topological polar surface area (TPSA) is 85.5 Å². The third kappa shape index (κ3) is 49.7. The molecule has 0 aromatic carbocycles. The zero-order valence-electron chi connectivity index (χ0n) is 6.04. The van der Waals surface area contributed by atoms with Gasteiger partial charge >= 0.3 is 93.8 Å². The van der Waals surface area contributed by atoms with Crippen molar-refractivity contribution in [2.75, 3.05) is 0 Å². The minimum absolute atomic E-state index is 0. The molecule has 0 unspecified atom stereocenters. The van der Waals surface area contributed by atoms with Gasteiger partial charge in [-0.2, -0.15) is 0 Å². The fourth-order valence-electron chi connectivity index (χ4n) is 0. The predicted octanol–water partition coefficient (Wildman–Crippen LogP) is -6.13. The zero-order chi connectivity index (χ0) is 0. The van der Waals surface area contributed by atoms with E-state index >= 15 is 0 Å². The standard InChI is InChI=1S/2Cr.2Na.3O.2H/q2*+3;2*+1;3*-2;2*-1. The van der Waals surface area contributed by atoms with Crippen LogP contribution in [0.5, 0.6) is 0 Å². The first-order valence-electron chi connectivity index (χ1n) is 0. The van der Waals surface area contributed by atoms with Gasteiger partial charge in [0.2, 0.25) is 0 Å². The van der Waals surface area contributed by atoms with E-state index in [1.807, 2.05) is 0 Å². The van der Waals surface area contributed by atoms with Crippen LogP contribution in [0, 0.1) is 0 Å². The van der Waals surface area contributed by atoms with Crippen molar-refractivity contribution in [1.82, 2.24) is 0 Å². The molecule has 0 fully saturated rings. The zero-order valence-corrected chi connectivity index (χ0v) is 10.6. The second kappa shape index (κ2) is 65.1. The largest absolute Gasteiger partial charge is 3.00 e. The predicted molar refractivity (Wildman–Crippen MR) is 4.28 cm³/mol. The third-order valence-electron chi connectivity index (χ3n) is 0. The molecule has 0 saturated heterocycles. The number of hydrogen-bond donors (Lipinski definition) is 0. The molecule has 7 heteroatoms. The Kier molecular flexibility index (Phi) is 853. The summed E-state index contributed by atoms with van der Waals surface area (Å²) in [6.07, 6.45) is 0. The summed E-state index contributed by atoms with van der Waals surface area (Å²) >= 11 is 0. The summed E-state index contributed by atoms with van der Waals surface area (Å²) in [7, 11) is 0. The van der Waals surface area contributed by atoms with Crippen LogP contribution in [-0.2, 0) is 51.2 Å². The minimum atomic E-state index is 0. The molecule has 0 aliphatic rings. The van der Waals surface area contributed by atoms with Crippen molar-refractivity contribution in [3.05, 3.63) is 0 Å². The molecule has 0 aliphatic heterocycles. The van der Waals surface area contributed by atoms with E-state index in [2.05, 4.69) is 0 Å². The summed E-state index contributed by atoms with van der Waals surface area (Å²) in [6, 6.07) is 0. The van der Waals surface area contributed by atoms with Gasteiger partial charge in [-0.15, -0.1) is 0 Å². The van der Waals surface area contributed by atoms with Crippen LogP contribution >= 0.6 is 0 Å². The van der Waals surface area contributed by atoms with E-state index in [1.165, 1.54) is 0 Å². The Morgan fingerprint density at radius 1 is 0.571 bits per heavy atom. The van der Waals surface area contributed by atoms with Crippen LogP contribution in [0.3, 0.4) is 0 Å². The summed E-state index contributed by atoms with van der Waals surface area (Å²) in [4.78, 5) is 0. The van der Waals surface area contributed by atoms with Gasteiger partial charge in [0, 0.05) is 0 Å². The summed E-state index contributed by atoms with van der Waals surface area (Å²) < 4.78 is 0. The summed E-state index contributed by atoms with van der Waals surface area (Å²) in [5, 5.41) is 0. The normalized spacial score (nSPS) is 0. The van der Waals surface area contributed by atoms with Crippen LogP contribution in [0.4, 0.5) is 0 Å². The van der Waals surface area contributed by atoms with Gasteiger partial charge in [-0.25, -0.2) is 0 Å². The quantitative estimate of drug-likeness (QED) is 0.348. The first-order valence-corrected chi connectivity index (χ1v) is 0. The van der Waals surface area contributed by atoms with Gasteiger partial charge < -0.3 is 19.3 Å². The van der Waals surface area contributed by atoms with Crippen molar-refractivity contribution in [3.63, 3.8) is 0 Å². The molecular weight excluding hydrogens is 198 g/mol. The van der Waals surface area contributed by atoms with Gasteiger partial charge in [0.15, 0.2) is 0 Å². The van der Waals surface area contributed by atoms with E-state index in [4.69, 9.17) is 0 Å². The van der Waals surface area contributed by atoms with Gasteiger partial charge in [-0.05, 0) is 0 Å². The van der Waals surface area contributed by atoms with E-state index in [1.54, 1.807) is 0 Å². The molecule has 0 N–H and O–H groups in total. The molecule has 0 aliphatic carbocycles. The molecule has 0 rings (SSSR count). The Morgan fingerprint density at radius 2 is 0.571 bits per heavy atom. The second-order valence-electron chi connectivity index (χ2n) is 0. The SMILES string of the molecule is [Cr+3].[Cr+3].[H-].[H-].[Na+].[Na+].[O-2].[O-2].[O-2]. The molecular formula is H2Cr2Na2O3. The molecule has 3 nitrogen and oxygen atoms in total. The second-order valence-corrected chi connectivity index (χ2v) is 0. The van der Waals surface area contributed by atoms with Gasteiger partial charge in [-0.1, -0.05) is 0 Å². The van der Waals surface area contributed by atoms with Crippen molar-refractivity contribution >= 4 is 0 Å². The van der Waals surface area contributed by atoms with E-state index in [0.717, 1.165) is 0 Å². The van der Waals surface area contributed by atoms with Crippen molar-refractivity contribution < 1.29 is 113 Å². The molecule has 34 valence electrons. The molecule has 0 spiro atoms. The molecule has 0 aromatic rings. The van der Waals surface area contributed by atoms with Crippen molar-refractivity contribution in [3.8, 4) is 0 Å². The van der Waals surface area contributed by atoms with Crippen LogP contribution in [0.1, 0.15) is 2.85 Å². The maximum atomic E-state index is 0. The Labute approximate surface area is 111 Å². The molecule has 0 aromatic heterocycles. The van der Waals surface area contributed by atoms with Crippen molar-refractivity contribution in [1.29, 1.82) is 0 Å².